The van der Waals surface area contributed by atoms with Gasteiger partial charge in [-0.3, -0.25) is 0 Å². The maximum atomic E-state index is 12.0. The van der Waals surface area contributed by atoms with Gasteiger partial charge in [-0.15, -0.1) is 0 Å². The van der Waals surface area contributed by atoms with Gasteiger partial charge in [-0.05, 0) is 31.1 Å². The number of rotatable bonds is 0. The number of allylic oxidation sites excluding steroid dienone is 1. The molecular formula is C15H17NO3. The number of ether oxygens (including phenoxy) is 1. The predicted molar refractivity (Wildman–Crippen MR) is 69.9 cm³/mol. The lowest BCUT2D eigenvalue weighted by atomic mass is 9.67. The lowest BCUT2D eigenvalue weighted by Crippen LogP contribution is -2.45. The summed E-state index contributed by atoms with van der Waals surface area (Å²) in [5, 5.41) is 0. The molecule has 0 spiro atoms. The maximum Gasteiger partial charge on any atom is 0.346 e. The van der Waals surface area contributed by atoms with Crippen LogP contribution >= 0.6 is 0 Å². The molecule has 0 N–H and O–H groups in total. The number of hydrogen-bond donors (Lipinski definition) is 0. The van der Waals surface area contributed by atoms with E-state index in [1.165, 1.54) is 0 Å². The van der Waals surface area contributed by atoms with E-state index >= 15 is 0 Å². The van der Waals surface area contributed by atoms with Crippen LogP contribution in [0.5, 0.6) is 0 Å². The largest absolute Gasteiger partial charge is 0.386 e. The van der Waals surface area contributed by atoms with E-state index in [2.05, 4.69) is 11.0 Å². The molecule has 19 heavy (non-hydrogen) atoms. The molecule has 0 saturated heterocycles. The molecular weight excluding hydrogens is 242 g/mol. The summed E-state index contributed by atoms with van der Waals surface area (Å²) in [6.07, 6.45) is 2.10. The van der Waals surface area contributed by atoms with Crippen molar-refractivity contribution in [3.8, 4) is 0 Å². The third kappa shape index (κ3) is 1.29. The Balaban J connectivity index is 2.31. The zero-order valence-corrected chi connectivity index (χ0v) is 11.8. The minimum atomic E-state index is -0.503. The van der Waals surface area contributed by atoms with Crippen molar-refractivity contribution in [1.29, 1.82) is 0 Å². The Kier molecular flexibility index (Phi) is 2.17. The highest BCUT2D eigenvalue weighted by atomic mass is 16.6. The van der Waals surface area contributed by atoms with Crippen LogP contribution in [0.15, 0.2) is 34.1 Å². The number of cyclic esters (lactones) is 2. The Hall–Kier alpha value is -1.84. The van der Waals surface area contributed by atoms with Gasteiger partial charge >= 0.3 is 11.9 Å². The van der Waals surface area contributed by atoms with Crippen LogP contribution in [0.4, 0.5) is 0 Å². The first-order valence-corrected chi connectivity index (χ1v) is 6.40. The number of likely N-dealkylation sites (N-methyl/N-ethyl adjacent to an activating group) is 1. The average Bonchev–Trinajstić information content (AvgIpc) is 2.76. The van der Waals surface area contributed by atoms with Crippen molar-refractivity contribution < 1.29 is 14.3 Å². The topological polar surface area (TPSA) is 46.6 Å². The summed E-state index contributed by atoms with van der Waals surface area (Å²) < 4.78 is 4.82. The summed E-state index contributed by atoms with van der Waals surface area (Å²) in [7, 11) is 2.02. The molecule has 2 aliphatic heterocycles. The van der Waals surface area contributed by atoms with Gasteiger partial charge in [0, 0.05) is 18.2 Å². The minimum Gasteiger partial charge on any atom is -0.386 e. The zero-order chi connectivity index (χ0) is 14.1. The first kappa shape index (κ1) is 12.2. The van der Waals surface area contributed by atoms with E-state index in [1.54, 1.807) is 0 Å². The highest BCUT2D eigenvalue weighted by Crippen LogP contribution is 2.51. The van der Waals surface area contributed by atoms with E-state index in [4.69, 9.17) is 4.74 Å². The van der Waals surface area contributed by atoms with Crippen molar-refractivity contribution in [3.63, 3.8) is 0 Å². The summed E-state index contributed by atoms with van der Waals surface area (Å²) in [6.45, 7) is 7.94. The number of carbonyl (C=O) groups excluding carboxylic acids is 2. The molecule has 4 heteroatoms. The van der Waals surface area contributed by atoms with Crippen LogP contribution in [-0.2, 0) is 14.3 Å². The second-order valence-corrected chi connectivity index (χ2v) is 6.03. The van der Waals surface area contributed by atoms with Gasteiger partial charge in [0.25, 0.3) is 0 Å². The molecule has 0 aromatic rings. The third-order valence-electron chi connectivity index (χ3n) is 4.58. The van der Waals surface area contributed by atoms with Gasteiger partial charge in [0.05, 0.1) is 17.2 Å². The van der Waals surface area contributed by atoms with Crippen molar-refractivity contribution in [2.75, 3.05) is 7.05 Å². The Labute approximate surface area is 112 Å². The van der Waals surface area contributed by atoms with Crippen molar-refractivity contribution in [3.05, 3.63) is 34.1 Å². The molecule has 0 radical (unpaired) electrons. The fraction of sp³-hybridized carbons (Fsp3) is 0.467. The van der Waals surface area contributed by atoms with E-state index < -0.39 is 17.4 Å². The number of esters is 2. The van der Waals surface area contributed by atoms with Crippen molar-refractivity contribution >= 4 is 11.9 Å². The van der Waals surface area contributed by atoms with Crippen LogP contribution in [-0.4, -0.2) is 29.9 Å². The molecule has 0 aromatic heterocycles. The Morgan fingerprint density at radius 3 is 2.47 bits per heavy atom. The second-order valence-electron chi connectivity index (χ2n) is 6.03. The fourth-order valence-electron chi connectivity index (χ4n) is 3.60. The van der Waals surface area contributed by atoms with E-state index in [0.717, 1.165) is 16.8 Å². The van der Waals surface area contributed by atoms with E-state index in [0.29, 0.717) is 11.1 Å². The molecule has 100 valence electrons. The smallest absolute Gasteiger partial charge is 0.346 e. The van der Waals surface area contributed by atoms with Gasteiger partial charge in [-0.1, -0.05) is 13.8 Å². The summed E-state index contributed by atoms with van der Waals surface area (Å²) in [6, 6.07) is 0.0877. The second kappa shape index (κ2) is 3.38. The van der Waals surface area contributed by atoms with Crippen LogP contribution in [0.2, 0.25) is 0 Å². The molecule has 2 heterocycles. The zero-order valence-electron chi connectivity index (χ0n) is 11.8. The Bertz CT molecular complexity index is 619. The lowest BCUT2D eigenvalue weighted by Gasteiger charge is -2.41. The van der Waals surface area contributed by atoms with Gasteiger partial charge < -0.3 is 9.64 Å². The molecule has 0 amide bonds. The molecule has 4 nitrogen and oxygen atoms in total. The van der Waals surface area contributed by atoms with Crippen LogP contribution in [0, 0.1) is 5.41 Å². The first-order valence-electron chi connectivity index (χ1n) is 6.40. The molecule has 1 aliphatic carbocycles. The van der Waals surface area contributed by atoms with E-state index in [1.807, 2.05) is 34.7 Å². The van der Waals surface area contributed by atoms with Crippen LogP contribution in [0.1, 0.15) is 27.7 Å². The van der Waals surface area contributed by atoms with Crippen molar-refractivity contribution in [2.24, 2.45) is 5.41 Å². The molecule has 0 saturated carbocycles. The number of carbonyl (C=O) groups is 2. The van der Waals surface area contributed by atoms with Gasteiger partial charge in [-0.2, -0.15) is 0 Å². The summed E-state index contributed by atoms with van der Waals surface area (Å²) >= 11 is 0. The fourth-order valence-corrected chi connectivity index (χ4v) is 3.60. The number of nitrogens with zero attached hydrogens (tertiary/aromatic N) is 1. The molecule has 1 unspecified atom stereocenters. The van der Waals surface area contributed by atoms with Crippen molar-refractivity contribution in [1.82, 2.24) is 4.90 Å². The standard InChI is InChI=1S/C15H17NO3/c1-7-6-9-8(2)10-11(14(18)19-13(10)17)15(3,4)12(9)16(7)5/h6,12H,1-5H3. The quantitative estimate of drug-likeness (QED) is 0.492. The summed E-state index contributed by atoms with van der Waals surface area (Å²) in [4.78, 5) is 26.1. The normalized spacial score (nSPS) is 28.6. The highest BCUT2D eigenvalue weighted by molar-refractivity contribution is 6.16. The van der Waals surface area contributed by atoms with Gasteiger partial charge in [0.15, 0.2) is 0 Å². The van der Waals surface area contributed by atoms with E-state index in [-0.39, 0.29) is 6.04 Å². The molecule has 3 aliphatic rings. The van der Waals surface area contributed by atoms with Crippen LogP contribution in [0.3, 0.4) is 0 Å². The average molecular weight is 259 g/mol. The third-order valence-corrected chi connectivity index (χ3v) is 4.58. The van der Waals surface area contributed by atoms with Crippen LogP contribution in [0.25, 0.3) is 0 Å². The molecule has 1 atom stereocenters. The lowest BCUT2D eigenvalue weighted by molar-refractivity contribution is -0.151. The first-order chi connectivity index (χ1) is 8.76. The molecule has 3 rings (SSSR count). The maximum absolute atomic E-state index is 12.0. The molecule has 0 bridgehead atoms. The predicted octanol–water partition coefficient (Wildman–Crippen LogP) is 1.94. The van der Waals surface area contributed by atoms with Crippen LogP contribution < -0.4 is 0 Å². The Morgan fingerprint density at radius 2 is 1.84 bits per heavy atom. The summed E-state index contributed by atoms with van der Waals surface area (Å²) in [5.74, 6) is -0.988. The minimum absolute atomic E-state index is 0.0877. The number of hydrogen-bond acceptors (Lipinski definition) is 4. The van der Waals surface area contributed by atoms with E-state index in [9.17, 15) is 9.59 Å². The molecule has 0 aromatic carbocycles. The Morgan fingerprint density at radius 1 is 1.21 bits per heavy atom. The molecule has 0 fully saturated rings. The highest BCUT2D eigenvalue weighted by Gasteiger charge is 2.53. The van der Waals surface area contributed by atoms with Gasteiger partial charge in [0.1, 0.15) is 0 Å². The number of fused-ring (bicyclic) bond motifs is 1. The van der Waals surface area contributed by atoms with Gasteiger partial charge in [0.2, 0.25) is 0 Å². The SMILES string of the molecule is CC1=CC2=C(C)C3=C(C(=O)OC3=O)C(C)(C)C2N1C. The summed E-state index contributed by atoms with van der Waals surface area (Å²) in [5.41, 5.74) is 3.71. The van der Waals surface area contributed by atoms with Gasteiger partial charge in [-0.25, -0.2) is 9.59 Å². The van der Waals surface area contributed by atoms with Crippen molar-refractivity contribution in [2.45, 2.75) is 33.7 Å². The monoisotopic (exact) mass is 259 g/mol.